The van der Waals surface area contributed by atoms with Crippen LogP contribution in [0.1, 0.15) is 21.7 Å². The molecule has 0 amide bonds. The molecule has 1 heterocycles. The molecule has 0 saturated heterocycles. The number of benzene rings is 1. The number of carboxylic acids is 1. The third-order valence-electron chi connectivity index (χ3n) is 2.29. The van der Waals surface area contributed by atoms with Crippen LogP contribution in [-0.2, 0) is 6.61 Å². The Hall–Kier alpha value is -1.89. The molecule has 2 aromatic rings. The topological polar surface area (TPSA) is 85.5 Å². The Morgan fingerprint density at radius 2 is 2.28 bits per heavy atom. The highest BCUT2D eigenvalue weighted by Crippen LogP contribution is 2.27. The van der Waals surface area contributed by atoms with E-state index >= 15 is 0 Å². The molecular formula is C11H9BrN2O4. The SMILES string of the molecule is Cc1nonc1COc1cc(C(=O)O)ccc1Br. The van der Waals surface area contributed by atoms with E-state index in [-0.39, 0.29) is 12.2 Å². The molecule has 0 radical (unpaired) electrons. The average Bonchev–Trinajstić information content (AvgIpc) is 2.73. The Labute approximate surface area is 111 Å². The van der Waals surface area contributed by atoms with Gasteiger partial charge in [-0.25, -0.2) is 9.42 Å². The van der Waals surface area contributed by atoms with Crippen LogP contribution in [0, 0.1) is 6.92 Å². The van der Waals surface area contributed by atoms with Gasteiger partial charge in [0.25, 0.3) is 0 Å². The molecule has 7 heteroatoms. The highest BCUT2D eigenvalue weighted by atomic mass is 79.9. The Balaban J connectivity index is 2.16. The molecule has 0 aliphatic heterocycles. The highest BCUT2D eigenvalue weighted by molar-refractivity contribution is 9.10. The Morgan fingerprint density at radius 1 is 1.50 bits per heavy atom. The number of halogens is 1. The quantitative estimate of drug-likeness (QED) is 0.933. The summed E-state index contributed by atoms with van der Waals surface area (Å²) in [6, 6.07) is 4.55. The molecule has 0 bridgehead atoms. The molecule has 2 rings (SSSR count). The average molecular weight is 313 g/mol. The lowest BCUT2D eigenvalue weighted by molar-refractivity contribution is 0.0696. The first kappa shape index (κ1) is 12.6. The van der Waals surface area contributed by atoms with Gasteiger partial charge in [-0.15, -0.1) is 0 Å². The predicted octanol–water partition coefficient (Wildman–Crippen LogP) is 2.42. The third kappa shape index (κ3) is 2.67. The number of hydrogen-bond acceptors (Lipinski definition) is 5. The van der Waals surface area contributed by atoms with Gasteiger partial charge < -0.3 is 9.84 Å². The van der Waals surface area contributed by atoms with Gasteiger partial charge in [-0.3, -0.25) is 0 Å². The van der Waals surface area contributed by atoms with Crippen LogP contribution < -0.4 is 4.74 Å². The fourth-order valence-corrected chi connectivity index (χ4v) is 1.63. The number of nitrogens with zero attached hydrogens (tertiary/aromatic N) is 2. The van der Waals surface area contributed by atoms with E-state index < -0.39 is 5.97 Å². The van der Waals surface area contributed by atoms with Gasteiger partial charge >= 0.3 is 5.97 Å². The maximum absolute atomic E-state index is 10.8. The van der Waals surface area contributed by atoms with Crippen molar-refractivity contribution in [2.45, 2.75) is 13.5 Å². The fourth-order valence-electron chi connectivity index (χ4n) is 1.27. The molecule has 1 aromatic carbocycles. The van der Waals surface area contributed by atoms with E-state index in [9.17, 15) is 4.79 Å². The summed E-state index contributed by atoms with van der Waals surface area (Å²) in [5.74, 6) is -0.580. The van der Waals surface area contributed by atoms with Crippen molar-refractivity contribution in [3.05, 3.63) is 39.6 Å². The minimum atomic E-state index is -1.01. The first-order chi connectivity index (χ1) is 8.58. The third-order valence-corrected chi connectivity index (χ3v) is 2.94. The van der Waals surface area contributed by atoms with Crippen LogP contribution in [0.4, 0.5) is 0 Å². The van der Waals surface area contributed by atoms with Crippen LogP contribution in [0.2, 0.25) is 0 Å². The molecule has 94 valence electrons. The molecule has 0 fully saturated rings. The zero-order valence-corrected chi connectivity index (χ0v) is 11.0. The van der Waals surface area contributed by atoms with E-state index in [0.717, 1.165) is 0 Å². The molecule has 0 saturated carbocycles. The monoisotopic (exact) mass is 312 g/mol. The number of aryl methyl sites for hydroxylation is 1. The van der Waals surface area contributed by atoms with Crippen LogP contribution in [0.15, 0.2) is 27.3 Å². The molecule has 1 aromatic heterocycles. The van der Waals surface area contributed by atoms with Crippen molar-refractivity contribution in [1.82, 2.24) is 10.3 Å². The summed E-state index contributed by atoms with van der Waals surface area (Å²) in [6.45, 7) is 1.91. The number of rotatable bonds is 4. The van der Waals surface area contributed by atoms with Gasteiger partial charge in [-0.1, -0.05) is 10.3 Å². The number of hydrogen-bond donors (Lipinski definition) is 1. The second-order valence-electron chi connectivity index (χ2n) is 3.54. The summed E-state index contributed by atoms with van der Waals surface area (Å²) in [5, 5.41) is 16.2. The molecule has 0 spiro atoms. The van der Waals surface area contributed by atoms with Gasteiger partial charge in [0.1, 0.15) is 23.7 Å². The van der Waals surface area contributed by atoms with E-state index in [4.69, 9.17) is 9.84 Å². The van der Waals surface area contributed by atoms with E-state index in [1.165, 1.54) is 12.1 Å². The molecule has 18 heavy (non-hydrogen) atoms. The normalized spacial score (nSPS) is 10.3. The number of ether oxygens (including phenoxy) is 1. The summed E-state index contributed by atoms with van der Waals surface area (Å²) in [6.07, 6.45) is 0. The molecule has 1 N–H and O–H groups in total. The van der Waals surface area contributed by atoms with Crippen LogP contribution in [0.25, 0.3) is 0 Å². The van der Waals surface area contributed by atoms with E-state index in [1.807, 2.05) is 0 Å². The summed E-state index contributed by atoms with van der Waals surface area (Å²) in [7, 11) is 0. The van der Waals surface area contributed by atoms with Crippen molar-refractivity contribution in [2.24, 2.45) is 0 Å². The van der Waals surface area contributed by atoms with Crippen molar-refractivity contribution in [1.29, 1.82) is 0 Å². The second-order valence-corrected chi connectivity index (χ2v) is 4.39. The molecule has 0 aliphatic carbocycles. The summed E-state index contributed by atoms with van der Waals surface area (Å²) in [4.78, 5) is 10.8. The van der Waals surface area contributed by atoms with Gasteiger partial charge in [-0.2, -0.15) is 0 Å². The van der Waals surface area contributed by atoms with Crippen molar-refractivity contribution < 1.29 is 19.3 Å². The van der Waals surface area contributed by atoms with Crippen LogP contribution in [0.5, 0.6) is 5.75 Å². The van der Waals surface area contributed by atoms with Crippen molar-refractivity contribution in [3.8, 4) is 5.75 Å². The van der Waals surface area contributed by atoms with Gasteiger partial charge in [0, 0.05) is 0 Å². The minimum Gasteiger partial charge on any atom is -0.486 e. The zero-order chi connectivity index (χ0) is 13.1. The smallest absolute Gasteiger partial charge is 0.335 e. The molecule has 0 atom stereocenters. The number of carboxylic acid groups (broad SMARTS) is 1. The predicted molar refractivity (Wildman–Crippen MR) is 64.5 cm³/mol. The first-order valence-corrected chi connectivity index (χ1v) is 5.81. The summed E-state index contributed by atoms with van der Waals surface area (Å²) >= 11 is 3.28. The van der Waals surface area contributed by atoms with Crippen LogP contribution >= 0.6 is 15.9 Å². The lowest BCUT2D eigenvalue weighted by Gasteiger charge is -2.07. The standard InChI is InChI=1S/C11H9BrN2O4/c1-6-9(14-18-13-6)5-17-10-4-7(11(15)16)2-3-8(10)12/h2-4H,5H2,1H3,(H,15,16). The molecule has 6 nitrogen and oxygen atoms in total. The molecular weight excluding hydrogens is 304 g/mol. The highest BCUT2D eigenvalue weighted by Gasteiger charge is 2.10. The van der Waals surface area contributed by atoms with Gasteiger partial charge in [0.2, 0.25) is 0 Å². The Kier molecular flexibility index (Phi) is 3.61. The first-order valence-electron chi connectivity index (χ1n) is 5.01. The number of aromatic carboxylic acids is 1. The Morgan fingerprint density at radius 3 is 2.89 bits per heavy atom. The van der Waals surface area contributed by atoms with E-state index in [0.29, 0.717) is 21.6 Å². The fraction of sp³-hybridized carbons (Fsp3) is 0.182. The lowest BCUT2D eigenvalue weighted by Crippen LogP contribution is -2.01. The molecule has 0 unspecified atom stereocenters. The summed E-state index contributed by atoms with van der Waals surface area (Å²) < 4.78 is 10.7. The largest absolute Gasteiger partial charge is 0.486 e. The van der Waals surface area contributed by atoms with Gasteiger partial charge in [0.15, 0.2) is 0 Å². The lowest BCUT2D eigenvalue weighted by atomic mass is 10.2. The summed E-state index contributed by atoms with van der Waals surface area (Å²) in [5.41, 5.74) is 1.37. The van der Waals surface area contributed by atoms with Gasteiger partial charge in [-0.05, 0) is 41.1 Å². The zero-order valence-electron chi connectivity index (χ0n) is 9.38. The van der Waals surface area contributed by atoms with Crippen LogP contribution in [-0.4, -0.2) is 21.4 Å². The van der Waals surface area contributed by atoms with E-state index in [2.05, 4.69) is 30.9 Å². The number of aromatic nitrogens is 2. The molecule has 0 aliphatic rings. The van der Waals surface area contributed by atoms with Crippen molar-refractivity contribution >= 4 is 21.9 Å². The van der Waals surface area contributed by atoms with Gasteiger partial charge in [0.05, 0.1) is 10.0 Å². The van der Waals surface area contributed by atoms with E-state index in [1.54, 1.807) is 13.0 Å². The second kappa shape index (κ2) is 5.18. The number of carbonyl (C=O) groups is 1. The maximum atomic E-state index is 10.8. The van der Waals surface area contributed by atoms with Crippen molar-refractivity contribution in [2.75, 3.05) is 0 Å². The Bertz CT molecular complexity index is 582. The van der Waals surface area contributed by atoms with Crippen LogP contribution in [0.3, 0.4) is 0 Å². The minimum absolute atomic E-state index is 0.156. The maximum Gasteiger partial charge on any atom is 0.335 e. The van der Waals surface area contributed by atoms with Crippen molar-refractivity contribution in [3.63, 3.8) is 0 Å².